The maximum absolute atomic E-state index is 13.8. The number of amides is 3. The van der Waals surface area contributed by atoms with E-state index in [2.05, 4.69) is 32.3 Å². The highest BCUT2D eigenvalue weighted by molar-refractivity contribution is 5.99. The number of ether oxygens (including phenoxy) is 1. The zero-order chi connectivity index (χ0) is 35.7. The maximum atomic E-state index is 13.8. The van der Waals surface area contributed by atoms with Crippen LogP contribution in [0.4, 0.5) is 29.3 Å². The van der Waals surface area contributed by atoms with E-state index in [1.165, 1.54) is 23.8 Å². The van der Waals surface area contributed by atoms with E-state index in [-0.39, 0.29) is 41.5 Å². The number of H-pyrrole nitrogens is 1. The topological polar surface area (TPSA) is 167 Å². The Bertz CT molecular complexity index is 1710. The Labute approximate surface area is 288 Å². The van der Waals surface area contributed by atoms with E-state index in [9.17, 15) is 32.3 Å². The number of halogens is 3. The van der Waals surface area contributed by atoms with Gasteiger partial charge in [0.15, 0.2) is 0 Å². The third kappa shape index (κ3) is 9.77. The summed E-state index contributed by atoms with van der Waals surface area (Å²) in [6.07, 6.45) is 1.91. The Kier molecular flexibility index (Phi) is 12.4. The minimum atomic E-state index is -4.75. The molecule has 1 aliphatic heterocycles. The van der Waals surface area contributed by atoms with Crippen molar-refractivity contribution in [1.82, 2.24) is 15.6 Å². The zero-order valence-electron chi connectivity index (χ0n) is 27.9. The number of alkyl halides is 3. The van der Waals surface area contributed by atoms with Gasteiger partial charge in [0.2, 0.25) is 17.4 Å². The van der Waals surface area contributed by atoms with Crippen molar-refractivity contribution >= 4 is 40.2 Å². The molecule has 3 amide bonds. The summed E-state index contributed by atoms with van der Waals surface area (Å²) >= 11 is 0. The highest BCUT2D eigenvalue weighted by Crippen LogP contribution is 2.35. The molecular weight excluding hydrogens is 653 g/mol. The zero-order valence-corrected chi connectivity index (χ0v) is 27.9. The van der Waals surface area contributed by atoms with Crippen molar-refractivity contribution in [2.45, 2.75) is 88.4 Å². The highest BCUT2D eigenvalue weighted by Gasteiger charge is 2.34. The van der Waals surface area contributed by atoms with Crippen molar-refractivity contribution in [3.8, 4) is 0 Å². The number of fused-ring (bicyclic) bond motifs is 2. The number of aromatic amines is 1. The van der Waals surface area contributed by atoms with Crippen LogP contribution in [0.1, 0.15) is 81.3 Å². The average molecular weight is 699 g/mol. The summed E-state index contributed by atoms with van der Waals surface area (Å²) in [4.78, 5) is 54.6. The summed E-state index contributed by atoms with van der Waals surface area (Å²) in [6, 6.07) is 10.2. The van der Waals surface area contributed by atoms with E-state index < -0.39 is 47.3 Å². The lowest BCUT2D eigenvalue weighted by Crippen LogP contribution is -2.53. The minimum Gasteiger partial charge on any atom is -0.450 e. The van der Waals surface area contributed by atoms with Crippen LogP contribution in [0.5, 0.6) is 0 Å². The lowest BCUT2D eigenvalue weighted by Gasteiger charge is -2.28. The summed E-state index contributed by atoms with van der Waals surface area (Å²) in [7, 11) is 0. The fourth-order valence-electron chi connectivity index (χ4n) is 6.92. The molecule has 1 aliphatic carbocycles. The van der Waals surface area contributed by atoms with Gasteiger partial charge in [0.1, 0.15) is 12.1 Å². The first-order chi connectivity index (χ1) is 24.0. The average Bonchev–Trinajstić information content (AvgIpc) is 3.50. The Hall–Kier alpha value is -4.59. The van der Waals surface area contributed by atoms with Gasteiger partial charge >= 0.3 is 12.3 Å². The van der Waals surface area contributed by atoms with Crippen LogP contribution < -0.4 is 32.6 Å². The number of rotatable bonds is 14. The van der Waals surface area contributed by atoms with Gasteiger partial charge < -0.3 is 36.7 Å². The number of anilines is 2. The number of unbranched alkanes of at least 4 members (excludes halogenated alkanes) is 1. The van der Waals surface area contributed by atoms with Gasteiger partial charge in [-0.15, -0.1) is 0 Å². The first kappa shape index (κ1) is 36.7. The number of pyridine rings is 1. The molecule has 2 aromatic carbocycles. The van der Waals surface area contributed by atoms with Crippen LogP contribution in [0.25, 0.3) is 10.9 Å². The van der Waals surface area contributed by atoms with Crippen LogP contribution in [0, 0.1) is 5.92 Å². The van der Waals surface area contributed by atoms with E-state index in [4.69, 9.17) is 10.5 Å². The van der Waals surface area contributed by atoms with Crippen molar-refractivity contribution in [3.05, 3.63) is 70.0 Å². The van der Waals surface area contributed by atoms with E-state index in [0.29, 0.717) is 38.3 Å². The number of para-hydroxylation sites is 1. The van der Waals surface area contributed by atoms with Crippen LogP contribution in [0.15, 0.2) is 53.3 Å². The lowest BCUT2D eigenvalue weighted by atomic mass is 9.84. The molecule has 2 aliphatic rings. The summed E-state index contributed by atoms with van der Waals surface area (Å²) in [5, 5.41) is 11.3. The van der Waals surface area contributed by atoms with Crippen molar-refractivity contribution in [2.24, 2.45) is 11.7 Å². The SMILES string of the molecule is NCCCC[C@H](NC(=O)[C@H](CC1CCCCC1)NC(=O)OCCC1CNc2ccccc21)C(=O)Nc1ccc2c(C(F)(F)F)cc(=O)[nH]c2c1. The van der Waals surface area contributed by atoms with Crippen molar-refractivity contribution < 1.29 is 32.3 Å². The number of hydrogen-bond acceptors (Lipinski definition) is 7. The molecule has 0 bridgehead atoms. The van der Waals surface area contributed by atoms with Crippen molar-refractivity contribution in [2.75, 3.05) is 30.3 Å². The van der Waals surface area contributed by atoms with E-state index in [1.54, 1.807) is 0 Å². The molecule has 7 N–H and O–H groups in total. The molecule has 2 heterocycles. The van der Waals surface area contributed by atoms with Gasteiger partial charge in [0, 0.05) is 35.3 Å². The third-order valence-electron chi connectivity index (χ3n) is 9.54. The standard InChI is InChI=1S/C36H45F3N6O5/c37-36(38,39)27-20-32(46)43-30-19-24(13-14-26(27)30)42-33(47)29(12-6-7-16-40)44-34(48)31(18-22-8-2-1-3-9-22)45-35(49)50-17-15-23-21-41-28-11-5-4-10-25(23)28/h4-5,10-11,13-14,19-20,22-23,29,31,41H,1-3,6-9,12,15-18,21,40H2,(H,42,47)(H,43,46)(H,44,48)(H,45,49)/t23?,29-,31-/m0/s1. The number of alkyl carbamates (subject to hydrolysis) is 1. The summed E-state index contributed by atoms with van der Waals surface area (Å²) in [5.41, 5.74) is 5.93. The molecular formula is C36H45F3N6O5. The first-order valence-corrected chi connectivity index (χ1v) is 17.3. The van der Waals surface area contributed by atoms with Gasteiger partial charge in [-0.25, -0.2) is 4.79 Å². The number of nitrogens with two attached hydrogens (primary N) is 1. The van der Waals surface area contributed by atoms with Crippen LogP contribution in [0.2, 0.25) is 0 Å². The molecule has 5 rings (SSSR count). The number of nitrogens with one attached hydrogen (secondary N) is 5. The molecule has 3 atom stereocenters. The van der Waals surface area contributed by atoms with Gasteiger partial charge in [-0.05, 0) is 68.3 Å². The monoisotopic (exact) mass is 698 g/mol. The molecule has 270 valence electrons. The molecule has 1 saturated carbocycles. The molecule has 14 heteroatoms. The smallest absolute Gasteiger partial charge is 0.417 e. The molecule has 0 spiro atoms. The second-order valence-electron chi connectivity index (χ2n) is 13.2. The second kappa shape index (κ2) is 16.9. The van der Waals surface area contributed by atoms with E-state index >= 15 is 0 Å². The molecule has 1 unspecified atom stereocenters. The van der Waals surface area contributed by atoms with Crippen LogP contribution >= 0.6 is 0 Å². The number of carbonyl (C=O) groups is 3. The van der Waals surface area contributed by atoms with Gasteiger partial charge in [0.05, 0.1) is 17.7 Å². The fraction of sp³-hybridized carbons (Fsp3) is 0.500. The van der Waals surface area contributed by atoms with Gasteiger partial charge in [-0.1, -0.05) is 56.4 Å². The third-order valence-corrected chi connectivity index (χ3v) is 9.54. The van der Waals surface area contributed by atoms with Gasteiger partial charge in [-0.3, -0.25) is 14.4 Å². The predicted octanol–water partition coefficient (Wildman–Crippen LogP) is 5.76. The summed E-state index contributed by atoms with van der Waals surface area (Å²) in [6.45, 7) is 1.29. The summed E-state index contributed by atoms with van der Waals surface area (Å²) < 4.78 is 46.2. The van der Waals surface area contributed by atoms with E-state index in [0.717, 1.165) is 44.3 Å². The number of hydrogen-bond donors (Lipinski definition) is 6. The Morgan fingerprint density at radius 1 is 0.960 bits per heavy atom. The van der Waals surface area contributed by atoms with Crippen molar-refractivity contribution in [1.29, 1.82) is 0 Å². The first-order valence-electron chi connectivity index (χ1n) is 17.3. The fourth-order valence-corrected chi connectivity index (χ4v) is 6.92. The van der Waals surface area contributed by atoms with E-state index in [1.807, 2.05) is 18.2 Å². The minimum absolute atomic E-state index is 0.102. The maximum Gasteiger partial charge on any atom is 0.417 e. The quantitative estimate of drug-likeness (QED) is 0.116. The predicted molar refractivity (Wildman–Crippen MR) is 185 cm³/mol. The Morgan fingerprint density at radius 3 is 2.50 bits per heavy atom. The molecule has 3 aromatic rings. The lowest BCUT2D eigenvalue weighted by molar-refractivity contribution is -0.136. The van der Waals surface area contributed by atoms with Crippen LogP contribution in [-0.2, 0) is 20.5 Å². The number of carbonyl (C=O) groups excluding carboxylic acids is 3. The van der Waals surface area contributed by atoms with Gasteiger partial charge in [-0.2, -0.15) is 13.2 Å². The Balaban J connectivity index is 1.26. The number of aromatic nitrogens is 1. The molecule has 0 saturated heterocycles. The largest absolute Gasteiger partial charge is 0.450 e. The van der Waals surface area contributed by atoms with Crippen molar-refractivity contribution in [3.63, 3.8) is 0 Å². The van der Waals surface area contributed by atoms with Crippen LogP contribution in [0.3, 0.4) is 0 Å². The molecule has 0 radical (unpaired) electrons. The normalized spacial score (nSPS) is 17.3. The molecule has 1 aromatic heterocycles. The Morgan fingerprint density at radius 2 is 1.74 bits per heavy atom. The summed E-state index contributed by atoms with van der Waals surface area (Å²) in [5.74, 6) is -0.727. The second-order valence-corrected chi connectivity index (χ2v) is 13.2. The molecule has 1 fully saturated rings. The van der Waals surface area contributed by atoms with Crippen LogP contribution in [-0.4, -0.2) is 54.7 Å². The number of benzene rings is 2. The molecule has 50 heavy (non-hydrogen) atoms. The highest BCUT2D eigenvalue weighted by atomic mass is 19.4. The molecule has 11 nitrogen and oxygen atoms in total. The van der Waals surface area contributed by atoms with Gasteiger partial charge in [0.25, 0.3) is 0 Å².